The Morgan fingerprint density at radius 2 is 1.38 bits per heavy atom. The van der Waals surface area contributed by atoms with E-state index in [0.29, 0.717) is 17.9 Å². The highest BCUT2D eigenvalue weighted by Gasteiger charge is 2.24. The molecule has 0 saturated heterocycles. The van der Waals surface area contributed by atoms with E-state index in [2.05, 4.69) is 41.5 Å². The quantitative estimate of drug-likeness (QED) is 0.584. The third-order valence-electron chi connectivity index (χ3n) is 4.46. The van der Waals surface area contributed by atoms with Crippen molar-refractivity contribution in [3.8, 4) is 11.5 Å². The molecule has 0 aliphatic carbocycles. The maximum absolute atomic E-state index is 11.7. The van der Waals surface area contributed by atoms with Gasteiger partial charge in [-0.2, -0.15) is 0 Å². The normalized spacial score (nSPS) is 12.1. The zero-order chi connectivity index (χ0) is 19.7. The highest BCUT2D eigenvalue weighted by atomic mass is 16.5. The third-order valence-corrected chi connectivity index (χ3v) is 4.46. The number of phenols is 1. The van der Waals surface area contributed by atoms with Crippen molar-refractivity contribution in [2.24, 2.45) is 0 Å². The number of phenolic OH excluding ortho intramolecular Hbond substituents is 1. The fraction of sp³-hybridized carbons (Fsp3) is 0.435. The zero-order valence-electron chi connectivity index (χ0n) is 16.9. The lowest BCUT2D eigenvalue weighted by Crippen LogP contribution is -2.16. The van der Waals surface area contributed by atoms with E-state index in [1.165, 1.54) is 6.92 Å². The lowest BCUT2D eigenvalue weighted by molar-refractivity contribution is -0.132. The minimum Gasteiger partial charge on any atom is -0.507 e. The van der Waals surface area contributed by atoms with E-state index < -0.39 is 0 Å². The van der Waals surface area contributed by atoms with Crippen molar-refractivity contribution in [2.75, 3.05) is 0 Å². The van der Waals surface area contributed by atoms with Gasteiger partial charge >= 0.3 is 5.97 Å². The molecule has 3 nitrogen and oxygen atoms in total. The topological polar surface area (TPSA) is 46.5 Å². The zero-order valence-corrected chi connectivity index (χ0v) is 16.9. The van der Waals surface area contributed by atoms with Crippen molar-refractivity contribution in [3.63, 3.8) is 0 Å². The molecule has 3 heteroatoms. The second kappa shape index (κ2) is 7.14. The van der Waals surface area contributed by atoms with Gasteiger partial charge in [-0.05, 0) is 27.5 Å². The van der Waals surface area contributed by atoms with Gasteiger partial charge in [0.05, 0.1) is 0 Å². The molecular formula is C23H30O3. The molecule has 1 N–H and O–H groups in total. The maximum Gasteiger partial charge on any atom is 0.308 e. The van der Waals surface area contributed by atoms with Crippen molar-refractivity contribution >= 4 is 5.97 Å². The summed E-state index contributed by atoms with van der Waals surface area (Å²) in [5.41, 5.74) is 3.32. The van der Waals surface area contributed by atoms with Crippen LogP contribution < -0.4 is 4.74 Å². The molecule has 2 aromatic carbocycles. The number of rotatable bonds is 3. The fourth-order valence-corrected chi connectivity index (χ4v) is 3.12. The Morgan fingerprint density at radius 3 is 1.88 bits per heavy atom. The van der Waals surface area contributed by atoms with Crippen LogP contribution in [-0.2, 0) is 22.0 Å². The largest absolute Gasteiger partial charge is 0.507 e. The molecule has 0 fully saturated rings. The summed E-state index contributed by atoms with van der Waals surface area (Å²) in [4.78, 5) is 11.7. The second-order valence-electron chi connectivity index (χ2n) is 8.88. The van der Waals surface area contributed by atoms with E-state index in [4.69, 9.17) is 4.74 Å². The van der Waals surface area contributed by atoms with Crippen LogP contribution in [0.1, 0.15) is 70.7 Å². The number of benzene rings is 2. The average molecular weight is 354 g/mol. The second-order valence-corrected chi connectivity index (χ2v) is 8.88. The van der Waals surface area contributed by atoms with Crippen molar-refractivity contribution < 1.29 is 14.6 Å². The van der Waals surface area contributed by atoms with E-state index in [1.807, 2.05) is 36.4 Å². The molecule has 2 rings (SSSR count). The van der Waals surface area contributed by atoms with Gasteiger partial charge in [-0.15, -0.1) is 0 Å². The minimum absolute atomic E-state index is 0.147. The van der Waals surface area contributed by atoms with Gasteiger partial charge in [0.1, 0.15) is 11.5 Å². The monoisotopic (exact) mass is 354 g/mol. The summed E-state index contributed by atoms with van der Waals surface area (Å²) < 4.78 is 5.59. The highest BCUT2D eigenvalue weighted by Crippen LogP contribution is 2.38. The van der Waals surface area contributed by atoms with Crippen LogP contribution in [0.15, 0.2) is 36.4 Å². The first-order valence-electron chi connectivity index (χ1n) is 9.03. The van der Waals surface area contributed by atoms with E-state index in [9.17, 15) is 9.90 Å². The average Bonchev–Trinajstić information content (AvgIpc) is 2.48. The number of carbonyl (C=O) groups is 1. The molecule has 0 saturated carbocycles. The predicted molar refractivity (Wildman–Crippen MR) is 106 cm³/mol. The Hall–Kier alpha value is -2.29. The Labute approximate surface area is 157 Å². The van der Waals surface area contributed by atoms with E-state index >= 15 is 0 Å². The van der Waals surface area contributed by atoms with Crippen molar-refractivity contribution in [3.05, 3.63) is 58.7 Å². The lowest BCUT2D eigenvalue weighted by atomic mass is 9.83. The number of ether oxygens (including phenoxy) is 1. The van der Waals surface area contributed by atoms with Gasteiger partial charge in [-0.3, -0.25) is 4.79 Å². The van der Waals surface area contributed by atoms with E-state index in [-0.39, 0.29) is 16.8 Å². The summed E-state index contributed by atoms with van der Waals surface area (Å²) in [5.74, 6) is 0.582. The summed E-state index contributed by atoms with van der Waals surface area (Å²) in [6.45, 7) is 13.9. The number of hydrogen-bond acceptors (Lipinski definition) is 3. The molecule has 0 bridgehead atoms. The molecule has 26 heavy (non-hydrogen) atoms. The van der Waals surface area contributed by atoms with Crippen molar-refractivity contribution in [2.45, 2.75) is 65.7 Å². The number of para-hydroxylation sites is 2. The molecule has 0 atom stereocenters. The molecule has 0 aromatic heterocycles. The standard InChI is InChI=1S/C23H30O3/c1-15(24)26-21-17(11-9-13-19(21)23(5,6)7)14-16-10-8-12-18(20(16)25)22(2,3)4/h8-13,25H,14H2,1-7H3. The van der Waals surface area contributed by atoms with Crippen molar-refractivity contribution in [1.82, 2.24) is 0 Å². The van der Waals surface area contributed by atoms with Gasteiger partial charge in [0.2, 0.25) is 0 Å². The van der Waals surface area contributed by atoms with Crippen LogP contribution >= 0.6 is 0 Å². The summed E-state index contributed by atoms with van der Waals surface area (Å²) in [7, 11) is 0. The van der Waals surface area contributed by atoms with Gasteiger partial charge in [0.25, 0.3) is 0 Å². The summed E-state index contributed by atoms with van der Waals surface area (Å²) in [6.07, 6.45) is 0.502. The minimum atomic E-state index is -0.337. The van der Waals surface area contributed by atoms with Crippen LogP contribution in [0.2, 0.25) is 0 Å². The molecule has 2 aromatic rings. The smallest absolute Gasteiger partial charge is 0.308 e. The van der Waals surface area contributed by atoms with E-state index in [1.54, 1.807) is 0 Å². The summed E-state index contributed by atoms with van der Waals surface area (Å²) in [6, 6.07) is 11.8. The lowest BCUT2D eigenvalue weighted by Gasteiger charge is -2.25. The molecule has 0 radical (unpaired) electrons. The first-order valence-corrected chi connectivity index (χ1v) is 9.03. The van der Waals surface area contributed by atoms with Gasteiger partial charge in [0, 0.05) is 18.9 Å². The number of esters is 1. The first kappa shape index (κ1) is 20.0. The van der Waals surface area contributed by atoms with Crippen LogP contribution in [0.3, 0.4) is 0 Å². The van der Waals surface area contributed by atoms with Gasteiger partial charge in [-0.1, -0.05) is 77.9 Å². The Balaban J connectivity index is 2.56. The molecule has 0 unspecified atom stereocenters. The molecule has 0 aliphatic heterocycles. The molecule has 140 valence electrons. The third kappa shape index (κ3) is 4.46. The number of carbonyl (C=O) groups excluding carboxylic acids is 1. The molecule has 0 amide bonds. The van der Waals surface area contributed by atoms with Crippen LogP contribution in [0, 0.1) is 0 Å². The Morgan fingerprint density at radius 1 is 0.885 bits per heavy atom. The fourth-order valence-electron chi connectivity index (χ4n) is 3.12. The summed E-state index contributed by atoms with van der Waals surface area (Å²) >= 11 is 0. The Bertz CT molecular complexity index is 805. The molecule has 0 heterocycles. The van der Waals surface area contributed by atoms with Gasteiger partial charge < -0.3 is 9.84 Å². The van der Waals surface area contributed by atoms with Gasteiger partial charge in [-0.25, -0.2) is 0 Å². The van der Waals surface area contributed by atoms with Crippen molar-refractivity contribution in [1.29, 1.82) is 0 Å². The number of hydrogen-bond donors (Lipinski definition) is 1. The molecule has 0 aliphatic rings. The van der Waals surface area contributed by atoms with Crippen LogP contribution in [0.5, 0.6) is 11.5 Å². The van der Waals surface area contributed by atoms with E-state index in [0.717, 1.165) is 22.3 Å². The first-order chi connectivity index (χ1) is 11.9. The highest BCUT2D eigenvalue weighted by molar-refractivity contribution is 5.71. The SMILES string of the molecule is CC(=O)Oc1c(Cc2cccc(C(C)(C)C)c2O)cccc1C(C)(C)C. The predicted octanol–water partition coefficient (Wildman–Crippen LogP) is 5.50. The van der Waals surface area contributed by atoms with Crippen LogP contribution in [0.4, 0.5) is 0 Å². The molecule has 0 spiro atoms. The Kier molecular flexibility index (Phi) is 5.50. The van der Waals surface area contributed by atoms with Crippen LogP contribution in [-0.4, -0.2) is 11.1 Å². The molecular weight excluding hydrogens is 324 g/mol. The maximum atomic E-state index is 11.7. The number of aromatic hydroxyl groups is 1. The van der Waals surface area contributed by atoms with Gasteiger partial charge in [0.15, 0.2) is 0 Å². The summed E-state index contributed by atoms with van der Waals surface area (Å²) in [5, 5.41) is 10.8. The van der Waals surface area contributed by atoms with Crippen LogP contribution in [0.25, 0.3) is 0 Å².